The van der Waals surface area contributed by atoms with E-state index in [9.17, 15) is 23.2 Å². The van der Waals surface area contributed by atoms with E-state index < -0.39 is 36.4 Å². The average Bonchev–Trinajstić information content (AvgIpc) is 3.13. The van der Waals surface area contributed by atoms with Gasteiger partial charge in [-0.25, -0.2) is 4.79 Å². The van der Waals surface area contributed by atoms with Crippen molar-refractivity contribution in [2.24, 2.45) is 0 Å². The van der Waals surface area contributed by atoms with Crippen LogP contribution in [0.1, 0.15) is 22.2 Å². The predicted octanol–water partition coefficient (Wildman–Crippen LogP) is 3.65. The average molecular weight is 415 g/mol. The van der Waals surface area contributed by atoms with Gasteiger partial charge in [0.2, 0.25) is 0 Å². The van der Waals surface area contributed by atoms with Crippen molar-refractivity contribution >= 4 is 40.7 Å². The standard InChI is InChI=1S/C17H13ClF2N2O4S/c1-17(9-2-4-10(5-3-9)26-15(19)20)14(24)22(16(25)21-17)8-11(23)12-6-7-13(18)27-12/h2-7,15H,8H2,1H3,(H,21,25)/t17-/m0/s1. The Labute approximate surface area is 161 Å². The molecule has 1 fully saturated rings. The molecule has 6 nitrogen and oxygen atoms in total. The maximum atomic E-state index is 12.8. The fraction of sp³-hybridized carbons (Fsp3) is 0.235. The Morgan fingerprint density at radius 3 is 2.48 bits per heavy atom. The number of carbonyl (C=O) groups is 3. The van der Waals surface area contributed by atoms with Crippen LogP contribution < -0.4 is 10.1 Å². The van der Waals surface area contributed by atoms with E-state index in [1.807, 2.05) is 0 Å². The number of alkyl halides is 2. The van der Waals surface area contributed by atoms with Crippen molar-refractivity contribution in [3.05, 3.63) is 51.2 Å². The van der Waals surface area contributed by atoms with Gasteiger partial charge < -0.3 is 10.1 Å². The van der Waals surface area contributed by atoms with E-state index in [0.29, 0.717) is 14.8 Å². The number of imide groups is 1. The van der Waals surface area contributed by atoms with Crippen molar-refractivity contribution in [3.63, 3.8) is 0 Å². The molecule has 142 valence electrons. The molecule has 2 heterocycles. The number of benzene rings is 1. The Bertz CT molecular complexity index is 903. The Balaban J connectivity index is 1.78. The highest BCUT2D eigenvalue weighted by Gasteiger charge is 2.49. The summed E-state index contributed by atoms with van der Waals surface area (Å²) >= 11 is 6.85. The van der Waals surface area contributed by atoms with Crippen molar-refractivity contribution in [3.8, 4) is 5.75 Å². The van der Waals surface area contributed by atoms with Crippen LogP contribution in [-0.2, 0) is 10.3 Å². The first kappa shape index (κ1) is 19.2. The second-order valence-corrected chi connectivity index (χ2v) is 7.59. The van der Waals surface area contributed by atoms with Crippen LogP contribution in [-0.4, -0.2) is 35.8 Å². The van der Waals surface area contributed by atoms with E-state index in [0.717, 1.165) is 16.2 Å². The molecule has 0 aliphatic carbocycles. The molecule has 1 N–H and O–H groups in total. The molecule has 0 unspecified atom stereocenters. The fourth-order valence-electron chi connectivity index (χ4n) is 2.69. The smallest absolute Gasteiger partial charge is 0.387 e. The van der Waals surface area contributed by atoms with E-state index in [4.69, 9.17) is 11.6 Å². The summed E-state index contributed by atoms with van der Waals surface area (Å²) in [4.78, 5) is 38.5. The number of halogens is 3. The van der Waals surface area contributed by atoms with Crippen LogP contribution >= 0.6 is 22.9 Å². The van der Waals surface area contributed by atoms with E-state index in [1.165, 1.54) is 37.3 Å². The van der Waals surface area contributed by atoms with Gasteiger partial charge >= 0.3 is 12.6 Å². The van der Waals surface area contributed by atoms with E-state index >= 15 is 0 Å². The number of Topliss-reactive ketones (excluding diaryl/α,β-unsaturated/α-hetero) is 1. The van der Waals surface area contributed by atoms with Crippen LogP contribution in [0.5, 0.6) is 5.75 Å². The summed E-state index contributed by atoms with van der Waals surface area (Å²) in [6, 6.07) is 7.71. The number of carbonyl (C=O) groups excluding carboxylic acids is 3. The van der Waals surface area contributed by atoms with Gasteiger partial charge in [0, 0.05) is 0 Å². The largest absolute Gasteiger partial charge is 0.435 e. The number of hydrogen-bond acceptors (Lipinski definition) is 5. The van der Waals surface area contributed by atoms with Gasteiger partial charge in [-0.3, -0.25) is 14.5 Å². The number of urea groups is 1. The fourth-order valence-corrected chi connectivity index (χ4v) is 3.66. The van der Waals surface area contributed by atoms with Crippen molar-refractivity contribution in [1.82, 2.24) is 10.2 Å². The van der Waals surface area contributed by atoms with Gasteiger partial charge in [0.05, 0.1) is 15.8 Å². The molecule has 1 aliphatic heterocycles. The summed E-state index contributed by atoms with van der Waals surface area (Å²) < 4.78 is 29.2. The molecular formula is C17H13ClF2N2O4S. The summed E-state index contributed by atoms with van der Waals surface area (Å²) in [7, 11) is 0. The van der Waals surface area contributed by atoms with Crippen LogP contribution in [0.25, 0.3) is 0 Å². The van der Waals surface area contributed by atoms with Gasteiger partial charge in [-0.15, -0.1) is 11.3 Å². The lowest BCUT2D eigenvalue weighted by molar-refractivity contribution is -0.130. The van der Waals surface area contributed by atoms with Gasteiger partial charge in [0.15, 0.2) is 5.78 Å². The lowest BCUT2D eigenvalue weighted by Crippen LogP contribution is -2.41. The number of hydrogen-bond donors (Lipinski definition) is 1. The molecule has 2 aromatic rings. The van der Waals surface area contributed by atoms with Crippen molar-refractivity contribution in [2.45, 2.75) is 19.1 Å². The van der Waals surface area contributed by atoms with Crippen LogP contribution in [0.3, 0.4) is 0 Å². The zero-order chi connectivity index (χ0) is 19.8. The number of nitrogens with zero attached hydrogens (tertiary/aromatic N) is 1. The minimum Gasteiger partial charge on any atom is -0.435 e. The first-order chi connectivity index (χ1) is 12.7. The van der Waals surface area contributed by atoms with Crippen LogP contribution in [0, 0.1) is 0 Å². The van der Waals surface area contributed by atoms with Crippen molar-refractivity contribution in [1.29, 1.82) is 0 Å². The zero-order valence-electron chi connectivity index (χ0n) is 13.9. The van der Waals surface area contributed by atoms with Crippen LogP contribution in [0.15, 0.2) is 36.4 Å². The zero-order valence-corrected chi connectivity index (χ0v) is 15.4. The second-order valence-electron chi connectivity index (χ2n) is 5.88. The van der Waals surface area contributed by atoms with Gasteiger partial charge in [-0.05, 0) is 36.8 Å². The number of nitrogens with one attached hydrogen (secondary N) is 1. The summed E-state index contributed by atoms with van der Waals surface area (Å²) in [5.74, 6) is -1.11. The molecule has 1 aromatic carbocycles. The van der Waals surface area contributed by atoms with Gasteiger partial charge in [0.1, 0.15) is 11.3 Å². The number of ketones is 1. The van der Waals surface area contributed by atoms with Crippen molar-refractivity contribution < 1.29 is 27.9 Å². The first-order valence-corrected chi connectivity index (χ1v) is 8.88. The van der Waals surface area contributed by atoms with E-state index in [-0.39, 0.29) is 5.75 Å². The maximum Gasteiger partial charge on any atom is 0.387 e. The highest BCUT2D eigenvalue weighted by atomic mass is 35.5. The van der Waals surface area contributed by atoms with Gasteiger partial charge in [-0.2, -0.15) is 8.78 Å². The highest BCUT2D eigenvalue weighted by Crippen LogP contribution is 2.31. The maximum absolute atomic E-state index is 12.8. The van der Waals surface area contributed by atoms with Crippen molar-refractivity contribution in [2.75, 3.05) is 6.54 Å². The number of ether oxygens (including phenoxy) is 1. The topological polar surface area (TPSA) is 75.7 Å². The normalized spacial score (nSPS) is 19.5. The second kappa shape index (κ2) is 7.24. The monoisotopic (exact) mass is 414 g/mol. The molecule has 1 atom stereocenters. The summed E-state index contributed by atoms with van der Waals surface area (Å²) in [5.41, 5.74) is -1.05. The summed E-state index contributed by atoms with van der Waals surface area (Å²) in [6.45, 7) is -1.92. The molecule has 1 saturated heterocycles. The summed E-state index contributed by atoms with van der Waals surface area (Å²) in [6.07, 6.45) is 0. The van der Waals surface area contributed by atoms with Gasteiger partial charge in [-0.1, -0.05) is 23.7 Å². The molecule has 1 aromatic heterocycles. The Morgan fingerprint density at radius 2 is 1.93 bits per heavy atom. The molecule has 0 spiro atoms. The molecule has 0 bridgehead atoms. The Hall–Kier alpha value is -2.52. The third-order valence-corrected chi connectivity index (χ3v) is 5.35. The molecule has 1 aliphatic rings. The van der Waals surface area contributed by atoms with E-state index in [2.05, 4.69) is 10.1 Å². The number of amides is 3. The number of thiophene rings is 1. The highest BCUT2D eigenvalue weighted by molar-refractivity contribution is 7.18. The van der Waals surface area contributed by atoms with Gasteiger partial charge in [0.25, 0.3) is 5.91 Å². The molecule has 0 radical (unpaired) electrons. The minimum absolute atomic E-state index is 0.0734. The Morgan fingerprint density at radius 1 is 1.26 bits per heavy atom. The third kappa shape index (κ3) is 3.79. The van der Waals surface area contributed by atoms with E-state index in [1.54, 1.807) is 6.07 Å². The molecule has 3 rings (SSSR count). The quantitative estimate of drug-likeness (QED) is 0.578. The molecule has 10 heteroatoms. The lowest BCUT2D eigenvalue weighted by Gasteiger charge is -2.22. The summed E-state index contributed by atoms with van der Waals surface area (Å²) in [5, 5.41) is 2.54. The first-order valence-electron chi connectivity index (χ1n) is 7.68. The third-order valence-electron chi connectivity index (χ3n) is 4.08. The molecule has 3 amide bonds. The molecule has 0 saturated carbocycles. The number of rotatable bonds is 6. The SMILES string of the molecule is C[C@@]1(c2ccc(OC(F)F)cc2)NC(=O)N(CC(=O)c2ccc(Cl)s2)C1=O. The minimum atomic E-state index is -2.97. The van der Waals surface area contributed by atoms with Crippen LogP contribution in [0.2, 0.25) is 4.34 Å². The lowest BCUT2D eigenvalue weighted by atomic mass is 9.92. The predicted molar refractivity (Wildman–Crippen MR) is 94.3 cm³/mol. The van der Waals surface area contributed by atoms with Crippen LogP contribution in [0.4, 0.5) is 13.6 Å². The molecular weight excluding hydrogens is 402 g/mol. The molecule has 27 heavy (non-hydrogen) atoms. The Kier molecular flexibility index (Phi) is 5.16.